The van der Waals surface area contributed by atoms with Crippen molar-refractivity contribution in [1.82, 2.24) is 4.98 Å². The summed E-state index contributed by atoms with van der Waals surface area (Å²) in [6.07, 6.45) is 4.30. The molecule has 1 aromatic heterocycles. The van der Waals surface area contributed by atoms with Crippen molar-refractivity contribution in [3.8, 4) is 0 Å². The van der Waals surface area contributed by atoms with Crippen LogP contribution in [0.15, 0.2) is 48.7 Å². The quantitative estimate of drug-likeness (QED) is 0.890. The molecule has 1 aliphatic rings. The van der Waals surface area contributed by atoms with Crippen LogP contribution < -0.4 is 10.2 Å². The van der Waals surface area contributed by atoms with Gasteiger partial charge in [-0.15, -0.1) is 0 Å². The van der Waals surface area contributed by atoms with Gasteiger partial charge in [0.2, 0.25) is 0 Å². The summed E-state index contributed by atoms with van der Waals surface area (Å²) < 4.78 is 0. The van der Waals surface area contributed by atoms with E-state index in [2.05, 4.69) is 51.6 Å². The SMILES string of the molecule is c1ccc(CN2CCCCNc3ccccc32)nc1. The van der Waals surface area contributed by atoms with Gasteiger partial charge in [-0.1, -0.05) is 18.2 Å². The fraction of sp³-hybridized carbons (Fsp3) is 0.312. The Kier molecular flexibility index (Phi) is 3.63. The summed E-state index contributed by atoms with van der Waals surface area (Å²) in [5, 5.41) is 3.52. The standard InChI is InChI=1S/C16H19N3/c1-2-9-16-15(8-1)18-11-5-6-12-19(16)13-14-7-3-4-10-17-14/h1-4,7-10,18H,5-6,11-13H2. The van der Waals surface area contributed by atoms with Gasteiger partial charge in [0.05, 0.1) is 23.6 Å². The highest BCUT2D eigenvalue weighted by Gasteiger charge is 2.13. The molecule has 2 aromatic rings. The van der Waals surface area contributed by atoms with Crippen molar-refractivity contribution in [2.45, 2.75) is 19.4 Å². The van der Waals surface area contributed by atoms with Crippen molar-refractivity contribution in [2.75, 3.05) is 23.3 Å². The van der Waals surface area contributed by atoms with Crippen LogP contribution in [0.4, 0.5) is 11.4 Å². The number of hydrogen-bond acceptors (Lipinski definition) is 3. The molecule has 3 heteroatoms. The van der Waals surface area contributed by atoms with Gasteiger partial charge in [0.1, 0.15) is 0 Å². The Labute approximate surface area is 114 Å². The summed E-state index contributed by atoms with van der Waals surface area (Å²) >= 11 is 0. The number of hydrogen-bond donors (Lipinski definition) is 1. The summed E-state index contributed by atoms with van der Waals surface area (Å²) in [7, 11) is 0. The molecule has 2 heterocycles. The molecule has 98 valence electrons. The summed E-state index contributed by atoms with van der Waals surface area (Å²) in [5.41, 5.74) is 3.64. The maximum absolute atomic E-state index is 4.44. The normalized spacial score (nSPS) is 15.1. The Morgan fingerprint density at radius 3 is 2.84 bits per heavy atom. The fourth-order valence-electron chi connectivity index (χ4n) is 2.52. The van der Waals surface area contributed by atoms with E-state index in [0.29, 0.717) is 0 Å². The van der Waals surface area contributed by atoms with Crippen molar-refractivity contribution in [3.63, 3.8) is 0 Å². The predicted molar refractivity (Wildman–Crippen MR) is 79.5 cm³/mol. The lowest BCUT2D eigenvalue weighted by molar-refractivity contribution is 0.685. The number of nitrogens with one attached hydrogen (secondary N) is 1. The number of rotatable bonds is 2. The van der Waals surface area contributed by atoms with Crippen molar-refractivity contribution in [1.29, 1.82) is 0 Å². The first-order valence-corrected chi connectivity index (χ1v) is 6.91. The summed E-state index contributed by atoms with van der Waals surface area (Å²) in [4.78, 5) is 6.86. The highest BCUT2D eigenvalue weighted by atomic mass is 15.2. The van der Waals surface area contributed by atoms with Crippen LogP contribution in [0.5, 0.6) is 0 Å². The smallest absolute Gasteiger partial charge is 0.0605 e. The molecular weight excluding hydrogens is 234 g/mol. The zero-order valence-electron chi connectivity index (χ0n) is 11.0. The Balaban J connectivity index is 1.88. The van der Waals surface area contributed by atoms with Crippen LogP contribution in [0, 0.1) is 0 Å². The average Bonchev–Trinajstić information content (AvgIpc) is 2.45. The fourth-order valence-corrected chi connectivity index (χ4v) is 2.52. The minimum absolute atomic E-state index is 0.875. The highest BCUT2D eigenvalue weighted by Crippen LogP contribution is 2.28. The number of para-hydroxylation sites is 2. The minimum atomic E-state index is 0.875. The molecule has 0 saturated carbocycles. The second kappa shape index (κ2) is 5.74. The zero-order chi connectivity index (χ0) is 12.9. The van der Waals surface area contributed by atoms with E-state index in [4.69, 9.17) is 0 Å². The maximum Gasteiger partial charge on any atom is 0.0605 e. The molecule has 3 nitrogen and oxygen atoms in total. The molecule has 0 spiro atoms. The van der Waals surface area contributed by atoms with Crippen LogP contribution in [0.3, 0.4) is 0 Å². The molecule has 19 heavy (non-hydrogen) atoms. The lowest BCUT2D eigenvalue weighted by Crippen LogP contribution is -2.27. The van der Waals surface area contributed by atoms with E-state index in [0.717, 1.165) is 25.3 Å². The maximum atomic E-state index is 4.44. The first-order valence-electron chi connectivity index (χ1n) is 6.91. The molecule has 0 bridgehead atoms. The number of fused-ring (bicyclic) bond motifs is 1. The van der Waals surface area contributed by atoms with Gasteiger partial charge >= 0.3 is 0 Å². The van der Waals surface area contributed by atoms with Crippen LogP contribution in [-0.2, 0) is 6.54 Å². The minimum Gasteiger partial charge on any atom is -0.383 e. The Hall–Kier alpha value is -2.03. The van der Waals surface area contributed by atoms with Gasteiger partial charge in [-0.25, -0.2) is 0 Å². The Morgan fingerprint density at radius 1 is 1.05 bits per heavy atom. The van der Waals surface area contributed by atoms with Crippen molar-refractivity contribution in [3.05, 3.63) is 54.4 Å². The van der Waals surface area contributed by atoms with E-state index < -0.39 is 0 Å². The number of anilines is 2. The van der Waals surface area contributed by atoms with Crippen molar-refractivity contribution < 1.29 is 0 Å². The third kappa shape index (κ3) is 2.87. The third-order valence-electron chi connectivity index (χ3n) is 3.49. The molecule has 0 unspecified atom stereocenters. The Bertz CT molecular complexity index is 525. The molecule has 0 saturated heterocycles. The van der Waals surface area contributed by atoms with Gasteiger partial charge in [0.15, 0.2) is 0 Å². The molecule has 0 radical (unpaired) electrons. The van der Waals surface area contributed by atoms with Gasteiger partial charge in [0, 0.05) is 19.3 Å². The van der Waals surface area contributed by atoms with E-state index >= 15 is 0 Å². The van der Waals surface area contributed by atoms with Crippen LogP contribution in [0.25, 0.3) is 0 Å². The van der Waals surface area contributed by atoms with Gasteiger partial charge in [0.25, 0.3) is 0 Å². The monoisotopic (exact) mass is 253 g/mol. The second-order valence-electron chi connectivity index (χ2n) is 4.89. The topological polar surface area (TPSA) is 28.2 Å². The van der Waals surface area contributed by atoms with Gasteiger partial charge in [-0.3, -0.25) is 4.98 Å². The number of aromatic nitrogens is 1. The van der Waals surface area contributed by atoms with Gasteiger partial charge in [-0.05, 0) is 37.1 Å². The number of nitrogens with zero attached hydrogens (tertiary/aromatic N) is 2. The van der Waals surface area contributed by atoms with Crippen molar-refractivity contribution >= 4 is 11.4 Å². The van der Waals surface area contributed by atoms with Crippen LogP contribution in [0.2, 0.25) is 0 Å². The molecule has 1 aliphatic heterocycles. The Morgan fingerprint density at radius 2 is 1.95 bits per heavy atom. The van der Waals surface area contributed by atoms with E-state index in [-0.39, 0.29) is 0 Å². The first kappa shape index (κ1) is 12.0. The molecule has 0 fully saturated rings. The molecule has 0 amide bonds. The molecule has 1 N–H and O–H groups in total. The van der Waals surface area contributed by atoms with Gasteiger partial charge in [-0.2, -0.15) is 0 Å². The largest absolute Gasteiger partial charge is 0.383 e. The summed E-state index contributed by atoms with van der Waals surface area (Å²) in [6, 6.07) is 14.7. The van der Waals surface area contributed by atoms with E-state index in [9.17, 15) is 0 Å². The van der Waals surface area contributed by atoms with E-state index in [1.54, 1.807) is 0 Å². The molecule has 0 aliphatic carbocycles. The van der Waals surface area contributed by atoms with Crippen molar-refractivity contribution in [2.24, 2.45) is 0 Å². The lowest BCUT2D eigenvalue weighted by atomic mass is 10.1. The number of pyridine rings is 1. The predicted octanol–water partition coefficient (Wildman–Crippen LogP) is 3.29. The van der Waals surface area contributed by atoms with Crippen LogP contribution >= 0.6 is 0 Å². The summed E-state index contributed by atoms with van der Waals surface area (Å²) in [6.45, 7) is 3.03. The highest BCUT2D eigenvalue weighted by molar-refractivity contribution is 5.70. The lowest BCUT2D eigenvalue weighted by Gasteiger charge is -2.29. The third-order valence-corrected chi connectivity index (χ3v) is 3.49. The zero-order valence-corrected chi connectivity index (χ0v) is 11.0. The van der Waals surface area contributed by atoms with Gasteiger partial charge < -0.3 is 10.2 Å². The summed E-state index contributed by atoms with van der Waals surface area (Å²) in [5.74, 6) is 0. The van der Waals surface area contributed by atoms with E-state index in [1.807, 2.05) is 12.3 Å². The number of benzene rings is 1. The first-order chi connectivity index (χ1) is 9.43. The molecule has 0 atom stereocenters. The van der Waals surface area contributed by atoms with Crippen LogP contribution in [-0.4, -0.2) is 18.1 Å². The average molecular weight is 253 g/mol. The molecule has 3 rings (SSSR count). The van der Waals surface area contributed by atoms with E-state index in [1.165, 1.54) is 24.2 Å². The second-order valence-corrected chi connectivity index (χ2v) is 4.89. The van der Waals surface area contributed by atoms with Crippen LogP contribution in [0.1, 0.15) is 18.5 Å². The molecule has 1 aromatic carbocycles. The molecular formula is C16H19N3.